The SMILES string of the molecule is C[C@H](NC(=O)[C@H](Cc1ccc(O)cc1)NC(=O)[C@H](Cc1cnc[nH]1)NC(=O)CN)C(=O)N[C@@H](CCC(=O)O)C(=O)O. The van der Waals surface area contributed by atoms with Gasteiger partial charge in [-0.3, -0.25) is 24.0 Å². The first-order valence-electron chi connectivity index (χ1n) is 12.5. The molecule has 4 atom stereocenters. The number of nitrogens with two attached hydrogens (primary N) is 1. The first-order valence-corrected chi connectivity index (χ1v) is 12.5. The van der Waals surface area contributed by atoms with E-state index < -0.39 is 66.2 Å². The van der Waals surface area contributed by atoms with Gasteiger partial charge in [0.25, 0.3) is 0 Å². The van der Waals surface area contributed by atoms with Gasteiger partial charge in [0.1, 0.15) is 29.9 Å². The number of aromatic hydroxyl groups is 1. The third kappa shape index (κ3) is 11.0. The first kappa shape index (κ1) is 32.2. The predicted octanol–water partition coefficient (Wildman–Crippen LogP) is -2.23. The van der Waals surface area contributed by atoms with Crippen molar-refractivity contribution >= 4 is 35.6 Å². The van der Waals surface area contributed by atoms with Gasteiger partial charge >= 0.3 is 11.9 Å². The van der Waals surface area contributed by atoms with Crippen LogP contribution in [-0.2, 0) is 41.6 Å². The fraction of sp³-hybridized carbons (Fsp3) is 0.400. The highest BCUT2D eigenvalue weighted by Crippen LogP contribution is 2.12. The minimum absolute atomic E-state index is 0.00312. The number of aliphatic carboxylic acids is 2. The van der Waals surface area contributed by atoms with Crippen molar-refractivity contribution in [2.24, 2.45) is 5.73 Å². The van der Waals surface area contributed by atoms with E-state index in [1.807, 2.05) is 0 Å². The molecule has 1 heterocycles. The van der Waals surface area contributed by atoms with Gasteiger partial charge in [-0.1, -0.05) is 12.1 Å². The average molecular weight is 576 g/mol. The van der Waals surface area contributed by atoms with Crippen LogP contribution in [0.25, 0.3) is 0 Å². The average Bonchev–Trinajstić information content (AvgIpc) is 3.43. The molecule has 4 amide bonds. The van der Waals surface area contributed by atoms with Crippen LogP contribution in [-0.4, -0.2) is 91.6 Å². The predicted molar refractivity (Wildman–Crippen MR) is 141 cm³/mol. The number of carboxylic acid groups (broad SMARTS) is 2. The normalized spacial score (nSPS) is 13.6. The highest BCUT2D eigenvalue weighted by Gasteiger charge is 2.30. The van der Waals surface area contributed by atoms with Gasteiger partial charge < -0.3 is 47.3 Å². The van der Waals surface area contributed by atoms with Gasteiger partial charge in [0.2, 0.25) is 23.6 Å². The number of amides is 4. The summed E-state index contributed by atoms with van der Waals surface area (Å²) in [5.74, 6) is -5.77. The Kier molecular flexibility index (Phi) is 12.2. The summed E-state index contributed by atoms with van der Waals surface area (Å²) in [5.41, 5.74) is 6.43. The van der Waals surface area contributed by atoms with Crippen LogP contribution in [0.15, 0.2) is 36.8 Å². The van der Waals surface area contributed by atoms with Gasteiger partial charge in [0.05, 0.1) is 12.9 Å². The number of phenolic OH excluding ortho intramolecular Hbond substituents is 1. The maximum Gasteiger partial charge on any atom is 0.326 e. The van der Waals surface area contributed by atoms with E-state index >= 15 is 0 Å². The highest BCUT2D eigenvalue weighted by molar-refractivity contribution is 5.95. The summed E-state index contributed by atoms with van der Waals surface area (Å²) < 4.78 is 0. The smallest absolute Gasteiger partial charge is 0.326 e. The minimum Gasteiger partial charge on any atom is -0.508 e. The van der Waals surface area contributed by atoms with Crippen molar-refractivity contribution in [2.75, 3.05) is 6.54 Å². The number of aromatic nitrogens is 2. The van der Waals surface area contributed by atoms with E-state index in [0.717, 1.165) is 0 Å². The van der Waals surface area contributed by atoms with Gasteiger partial charge in [-0.25, -0.2) is 9.78 Å². The maximum atomic E-state index is 13.2. The summed E-state index contributed by atoms with van der Waals surface area (Å²) in [6.45, 7) is 0.895. The highest BCUT2D eigenvalue weighted by atomic mass is 16.4. The molecule has 0 radical (unpaired) electrons. The number of imidazole rings is 1. The molecule has 0 fully saturated rings. The number of H-pyrrole nitrogens is 1. The second-order valence-electron chi connectivity index (χ2n) is 9.10. The molecule has 2 aromatic rings. The molecule has 0 unspecified atom stereocenters. The molecule has 0 bridgehead atoms. The van der Waals surface area contributed by atoms with Crippen molar-refractivity contribution < 1.29 is 44.1 Å². The van der Waals surface area contributed by atoms with Crippen LogP contribution in [0, 0.1) is 0 Å². The second-order valence-corrected chi connectivity index (χ2v) is 9.10. The van der Waals surface area contributed by atoms with Crippen LogP contribution >= 0.6 is 0 Å². The summed E-state index contributed by atoms with van der Waals surface area (Å²) in [6, 6.07) is 0.621. The molecular formula is C25H33N7O9. The van der Waals surface area contributed by atoms with E-state index in [-0.39, 0.29) is 31.6 Å². The van der Waals surface area contributed by atoms with Crippen molar-refractivity contribution in [3.05, 3.63) is 48.0 Å². The Hall–Kier alpha value is -4.99. The van der Waals surface area contributed by atoms with E-state index in [1.165, 1.54) is 43.7 Å². The molecule has 0 aliphatic carbocycles. The molecule has 41 heavy (non-hydrogen) atoms. The molecule has 0 aliphatic rings. The lowest BCUT2D eigenvalue weighted by Gasteiger charge is -2.25. The third-order valence-electron chi connectivity index (χ3n) is 5.84. The molecule has 0 aliphatic heterocycles. The second kappa shape index (κ2) is 15.6. The Morgan fingerprint density at radius 3 is 2.05 bits per heavy atom. The van der Waals surface area contributed by atoms with E-state index in [1.54, 1.807) is 0 Å². The number of phenols is 1. The number of carboxylic acids is 2. The number of hydrogen-bond acceptors (Lipinski definition) is 9. The van der Waals surface area contributed by atoms with Gasteiger partial charge in [-0.05, 0) is 31.0 Å². The Labute approximate surface area is 234 Å². The number of aromatic amines is 1. The number of carbonyl (C=O) groups is 6. The Balaban J connectivity index is 2.20. The molecule has 0 saturated carbocycles. The number of nitrogens with one attached hydrogen (secondary N) is 5. The lowest BCUT2D eigenvalue weighted by Crippen LogP contribution is -2.58. The van der Waals surface area contributed by atoms with E-state index in [9.17, 15) is 39.0 Å². The van der Waals surface area contributed by atoms with E-state index in [4.69, 9.17) is 10.8 Å². The van der Waals surface area contributed by atoms with Crippen LogP contribution < -0.4 is 27.0 Å². The van der Waals surface area contributed by atoms with Crippen molar-refractivity contribution in [3.8, 4) is 5.75 Å². The topological polar surface area (TPSA) is 266 Å². The molecule has 2 rings (SSSR count). The Morgan fingerprint density at radius 1 is 0.878 bits per heavy atom. The molecule has 16 heteroatoms. The van der Waals surface area contributed by atoms with E-state index in [2.05, 4.69) is 31.2 Å². The largest absolute Gasteiger partial charge is 0.508 e. The third-order valence-corrected chi connectivity index (χ3v) is 5.84. The zero-order chi connectivity index (χ0) is 30.5. The molecular weight excluding hydrogens is 542 g/mol. The quantitative estimate of drug-likeness (QED) is 0.103. The van der Waals surface area contributed by atoms with Crippen LogP contribution in [0.2, 0.25) is 0 Å². The lowest BCUT2D eigenvalue weighted by atomic mass is 10.0. The Morgan fingerprint density at radius 2 is 1.49 bits per heavy atom. The summed E-state index contributed by atoms with van der Waals surface area (Å²) in [5, 5.41) is 37.3. The zero-order valence-electron chi connectivity index (χ0n) is 22.1. The molecule has 1 aromatic carbocycles. The van der Waals surface area contributed by atoms with Crippen LogP contribution in [0.5, 0.6) is 5.75 Å². The van der Waals surface area contributed by atoms with Crippen LogP contribution in [0.3, 0.4) is 0 Å². The van der Waals surface area contributed by atoms with Crippen LogP contribution in [0.4, 0.5) is 0 Å². The monoisotopic (exact) mass is 575 g/mol. The zero-order valence-corrected chi connectivity index (χ0v) is 22.1. The van der Waals surface area contributed by atoms with E-state index in [0.29, 0.717) is 11.3 Å². The molecule has 10 N–H and O–H groups in total. The number of carbonyl (C=O) groups excluding carboxylic acids is 4. The number of rotatable bonds is 16. The maximum absolute atomic E-state index is 13.2. The van der Waals surface area contributed by atoms with Crippen LogP contribution in [0.1, 0.15) is 31.0 Å². The molecule has 16 nitrogen and oxygen atoms in total. The fourth-order valence-electron chi connectivity index (χ4n) is 3.63. The first-order chi connectivity index (χ1) is 19.4. The van der Waals surface area contributed by atoms with Crippen molar-refractivity contribution in [1.82, 2.24) is 31.2 Å². The van der Waals surface area contributed by atoms with Gasteiger partial charge in [-0.15, -0.1) is 0 Å². The van der Waals surface area contributed by atoms with Crippen molar-refractivity contribution in [2.45, 2.75) is 56.8 Å². The molecule has 0 spiro atoms. The van der Waals surface area contributed by atoms with Crippen molar-refractivity contribution in [3.63, 3.8) is 0 Å². The van der Waals surface area contributed by atoms with Gasteiger partial charge in [0, 0.05) is 31.2 Å². The molecule has 0 saturated heterocycles. The van der Waals surface area contributed by atoms with Crippen molar-refractivity contribution in [1.29, 1.82) is 0 Å². The number of hydrogen-bond donors (Lipinski definition) is 9. The standard InChI is InChI=1S/C25H33N7O9/c1-13(22(37)31-17(25(40)41)6-7-21(35)36)29-23(38)18(8-14-2-4-16(33)5-3-14)32-24(39)19(30-20(34)10-26)9-15-11-27-12-28-15/h2-5,11-13,17-19,33H,6-10,26H2,1H3,(H,27,28)(H,29,38)(H,30,34)(H,31,37)(H,32,39)(H,35,36)(H,40,41)/t13-,17-,18-,19-/m0/s1. The minimum atomic E-state index is -1.50. The number of benzene rings is 1. The summed E-state index contributed by atoms with van der Waals surface area (Å²) in [7, 11) is 0. The summed E-state index contributed by atoms with van der Waals surface area (Å²) in [6.07, 6.45) is 1.89. The molecule has 222 valence electrons. The van der Waals surface area contributed by atoms with Gasteiger partial charge in [0.15, 0.2) is 0 Å². The fourth-order valence-corrected chi connectivity index (χ4v) is 3.63. The lowest BCUT2D eigenvalue weighted by molar-refractivity contribution is -0.143. The Bertz CT molecular complexity index is 1220. The number of nitrogens with zero attached hydrogens (tertiary/aromatic N) is 1. The molecule has 1 aromatic heterocycles. The van der Waals surface area contributed by atoms with Gasteiger partial charge in [-0.2, -0.15) is 0 Å². The summed E-state index contributed by atoms with van der Waals surface area (Å²) in [4.78, 5) is 80.0. The summed E-state index contributed by atoms with van der Waals surface area (Å²) >= 11 is 0.